The fourth-order valence-corrected chi connectivity index (χ4v) is 4.89. The summed E-state index contributed by atoms with van der Waals surface area (Å²) in [6, 6.07) is 21.0. The summed E-state index contributed by atoms with van der Waals surface area (Å²) in [6.45, 7) is 4.06. The summed E-state index contributed by atoms with van der Waals surface area (Å²) in [5.41, 5.74) is 2.11. The Kier molecular flexibility index (Phi) is 9.08. The second-order valence-corrected chi connectivity index (χ2v) is 9.90. The number of amides is 3. The van der Waals surface area contributed by atoms with Crippen molar-refractivity contribution >= 4 is 27.6 Å². The van der Waals surface area contributed by atoms with Crippen LogP contribution >= 0.6 is 0 Å². The highest BCUT2D eigenvalue weighted by Gasteiger charge is 2.27. The molecule has 3 aromatic rings. The Morgan fingerprint density at radius 2 is 1.61 bits per heavy atom. The molecular formula is C27H35N3O5S. The molecule has 0 unspecified atom stereocenters. The van der Waals surface area contributed by atoms with Gasteiger partial charge in [-0.15, -0.1) is 0 Å². The van der Waals surface area contributed by atoms with Crippen molar-refractivity contribution in [3.05, 3.63) is 90.0 Å². The van der Waals surface area contributed by atoms with Crippen LogP contribution in [0.2, 0.25) is 0 Å². The first-order valence-electron chi connectivity index (χ1n) is 11.6. The molecule has 3 rings (SSSR count). The Labute approximate surface area is 215 Å². The van der Waals surface area contributed by atoms with Gasteiger partial charge in [0.05, 0.1) is 11.5 Å². The molecule has 9 heteroatoms. The molecule has 0 aliphatic heterocycles. The van der Waals surface area contributed by atoms with Gasteiger partial charge in [-0.05, 0) is 68.1 Å². The molecule has 36 heavy (non-hydrogen) atoms. The molecule has 0 spiro atoms. The number of carbonyl (C=O) groups is 2. The fraction of sp³-hybridized carbons (Fsp3) is 0.259. The number of rotatable bonds is 10. The number of likely N-dealkylation sites (N-methyl/N-ethyl adjacent to an activating group) is 1. The van der Waals surface area contributed by atoms with E-state index in [2.05, 4.69) is 5.32 Å². The van der Waals surface area contributed by atoms with Crippen molar-refractivity contribution in [2.45, 2.75) is 37.6 Å². The molecule has 0 fully saturated rings. The van der Waals surface area contributed by atoms with Crippen molar-refractivity contribution < 1.29 is 25.6 Å². The van der Waals surface area contributed by atoms with E-state index in [4.69, 9.17) is 4.74 Å². The number of hydrogen-bond donors (Lipinski definition) is 2. The standard InChI is InChI=1S/C27H31N3O5S.2H2/c1-4-35-23-17-15-22(16-18-23)30(3)26(31)24(19-14-21-11-6-5-7-12-21)28-27(32)29-36(33,34)25-13-9-8-10-20(25)2;;/h5-13,15-18,24H,4,14,19H2,1-3H3,(H2,28,29,32);2*1H/t24-;;/m0../s1. The number of nitrogens with zero attached hydrogens (tertiary/aromatic N) is 1. The van der Waals surface area contributed by atoms with E-state index in [1.807, 2.05) is 42.0 Å². The maximum Gasteiger partial charge on any atom is 0.329 e. The third kappa shape index (κ3) is 7.08. The van der Waals surface area contributed by atoms with Gasteiger partial charge in [-0.25, -0.2) is 17.9 Å². The van der Waals surface area contributed by atoms with Crippen LogP contribution in [0.4, 0.5) is 10.5 Å². The van der Waals surface area contributed by atoms with Gasteiger partial charge in [0.2, 0.25) is 5.91 Å². The molecule has 3 aromatic carbocycles. The summed E-state index contributed by atoms with van der Waals surface area (Å²) >= 11 is 0. The van der Waals surface area contributed by atoms with E-state index >= 15 is 0 Å². The second kappa shape index (κ2) is 12.2. The van der Waals surface area contributed by atoms with Gasteiger partial charge in [0.25, 0.3) is 10.0 Å². The van der Waals surface area contributed by atoms with Crippen LogP contribution in [0, 0.1) is 6.92 Å². The van der Waals surface area contributed by atoms with E-state index in [1.54, 1.807) is 56.4 Å². The molecule has 0 saturated heterocycles. The van der Waals surface area contributed by atoms with E-state index in [-0.39, 0.29) is 20.1 Å². The average Bonchev–Trinajstić information content (AvgIpc) is 2.87. The highest BCUT2D eigenvalue weighted by atomic mass is 32.2. The van der Waals surface area contributed by atoms with Crippen LogP contribution in [-0.2, 0) is 21.2 Å². The predicted molar refractivity (Wildman–Crippen MR) is 144 cm³/mol. The SMILES string of the molecule is CCOc1ccc(N(C)C(=O)[C@H](CCc2ccccc2)NC(=O)NS(=O)(=O)c2ccccc2C)cc1.[HH].[HH]. The lowest BCUT2D eigenvalue weighted by Crippen LogP contribution is -2.51. The minimum Gasteiger partial charge on any atom is -0.494 e. The topological polar surface area (TPSA) is 105 Å². The average molecular weight is 514 g/mol. The third-order valence-electron chi connectivity index (χ3n) is 5.64. The van der Waals surface area contributed by atoms with Crippen LogP contribution in [0.5, 0.6) is 5.75 Å². The molecular weight excluding hydrogens is 478 g/mol. The number of anilines is 1. The first-order valence-corrected chi connectivity index (χ1v) is 13.1. The van der Waals surface area contributed by atoms with E-state index in [9.17, 15) is 18.0 Å². The zero-order valence-electron chi connectivity index (χ0n) is 20.6. The Hall–Kier alpha value is -3.85. The number of carbonyl (C=O) groups excluding carboxylic acids is 2. The van der Waals surface area contributed by atoms with E-state index in [1.165, 1.54) is 11.0 Å². The summed E-state index contributed by atoms with van der Waals surface area (Å²) in [5, 5.41) is 2.57. The lowest BCUT2D eigenvalue weighted by molar-refractivity contribution is -0.120. The van der Waals surface area contributed by atoms with Gasteiger partial charge in [0, 0.05) is 15.6 Å². The quantitative estimate of drug-likeness (QED) is 0.414. The molecule has 0 heterocycles. The van der Waals surface area contributed by atoms with Crippen molar-refractivity contribution in [2.75, 3.05) is 18.6 Å². The van der Waals surface area contributed by atoms with Gasteiger partial charge in [0.1, 0.15) is 11.8 Å². The smallest absolute Gasteiger partial charge is 0.329 e. The minimum absolute atomic E-state index is 0. The molecule has 2 N–H and O–H groups in total. The summed E-state index contributed by atoms with van der Waals surface area (Å²) < 4.78 is 33.0. The Morgan fingerprint density at radius 1 is 0.972 bits per heavy atom. The van der Waals surface area contributed by atoms with E-state index in [0.717, 1.165) is 5.56 Å². The number of sulfonamides is 1. The number of aryl methyl sites for hydroxylation is 2. The second-order valence-electron chi connectivity index (χ2n) is 8.25. The fourth-order valence-electron chi connectivity index (χ4n) is 3.73. The van der Waals surface area contributed by atoms with Crippen LogP contribution in [0.25, 0.3) is 0 Å². The molecule has 0 aromatic heterocycles. The van der Waals surface area contributed by atoms with E-state index in [0.29, 0.717) is 30.0 Å². The van der Waals surface area contributed by atoms with E-state index < -0.39 is 22.1 Å². The van der Waals surface area contributed by atoms with Crippen LogP contribution in [0.15, 0.2) is 83.8 Å². The number of urea groups is 1. The van der Waals surface area contributed by atoms with Crippen LogP contribution in [0.3, 0.4) is 0 Å². The molecule has 0 aliphatic carbocycles. The van der Waals surface area contributed by atoms with Gasteiger partial charge in [-0.2, -0.15) is 0 Å². The normalized spacial score (nSPS) is 11.9. The van der Waals surface area contributed by atoms with Crippen molar-refractivity contribution in [3.63, 3.8) is 0 Å². The van der Waals surface area contributed by atoms with Gasteiger partial charge >= 0.3 is 6.03 Å². The number of nitrogens with one attached hydrogen (secondary N) is 2. The van der Waals surface area contributed by atoms with Gasteiger partial charge in [-0.3, -0.25) is 4.79 Å². The number of benzene rings is 3. The predicted octanol–water partition coefficient (Wildman–Crippen LogP) is 4.54. The monoisotopic (exact) mass is 513 g/mol. The highest BCUT2D eigenvalue weighted by Crippen LogP contribution is 2.20. The first kappa shape index (κ1) is 26.7. The molecule has 0 radical (unpaired) electrons. The molecule has 8 nitrogen and oxygen atoms in total. The van der Waals surface area contributed by atoms with Crippen molar-refractivity contribution in [2.24, 2.45) is 0 Å². The lowest BCUT2D eigenvalue weighted by Gasteiger charge is -2.25. The van der Waals surface area contributed by atoms with Crippen LogP contribution in [0.1, 0.15) is 27.3 Å². The molecule has 0 aliphatic rings. The largest absolute Gasteiger partial charge is 0.494 e. The summed E-state index contributed by atoms with van der Waals surface area (Å²) in [7, 11) is -2.50. The third-order valence-corrected chi connectivity index (χ3v) is 7.13. The molecule has 0 saturated carbocycles. The molecule has 0 bridgehead atoms. The Morgan fingerprint density at radius 3 is 2.25 bits per heavy atom. The number of hydrogen-bond acceptors (Lipinski definition) is 5. The minimum atomic E-state index is -4.11. The van der Waals surface area contributed by atoms with Crippen molar-refractivity contribution in [3.8, 4) is 5.75 Å². The summed E-state index contributed by atoms with van der Waals surface area (Å²) in [4.78, 5) is 27.6. The molecule has 1 atom stereocenters. The zero-order valence-corrected chi connectivity index (χ0v) is 21.4. The van der Waals surface area contributed by atoms with Crippen LogP contribution in [-0.4, -0.2) is 40.1 Å². The Bertz CT molecular complexity index is 1290. The number of ether oxygens (including phenoxy) is 1. The van der Waals surface area contributed by atoms with Gasteiger partial charge < -0.3 is 15.0 Å². The van der Waals surface area contributed by atoms with Gasteiger partial charge in [0.15, 0.2) is 0 Å². The van der Waals surface area contributed by atoms with Gasteiger partial charge in [-0.1, -0.05) is 48.5 Å². The maximum atomic E-state index is 13.4. The first-order chi connectivity index (χ1) is 17.2. The Balaban J connectivity index is 0.00000361. The lowest BCUT2D eigenvalue weighted by atomic mass is 10.0. The summed E-state index contributed by atoms with van der Waals surface area (Å²) in [6.07, 6.45) is 0.793. The summed E-state index contributed by atoms with van der Waals surface area (Å²) in [5.74, 6) is 0.306. The maximum absolute atomic E-state index is 13.4. The molecule has 3 amide bonds. The molecule has 194 valence electrons. The highest BCUT2D eigenvalue weighted by molar-refractivity contribution is 7.90. The van der Waals surface area contributed by atoms with Crippen molar-refractivity contribution in [1.29, 1.82) is 0 Å². The van der Waals surface area contributed by atoms with Crippen LogP contribution < -0.4 is 19.7 Å². The van der Waals surface area contributed by atoms with Crippen molar-refractivity contribution in [1.82, 2.24) is 10.0 Å². The zero-order chi connectivity index (χ0) is 26.1.